The molecule has 0 aliphatic rings. The first-order valence-electron chi connectivity index (χ1n) is 6.30. The van der Waals surface area contributed by atoms with E-state index in [1.165, 1.54) is 0 Å². The van der Waals surface area contributed by atoms with Crippen LogP contribution in [0.25, 0.3) is 0 Å². The fraction of sp³-hybridized carbons (Fsp3) is 0.188. The zero-order valence-corrected chi connectivity index (χ0v) is 10.8. The number of carbonyl (C=O) groups is 1. The zero-order valence-electron chi connectivity index (χ0n) is 10.8. The standard InChI is InChI=1S/C16H17NO2/c1-2-15(11-6-8-14(17)9-7-11)12-4-3-5-13(10-12)16(18)19/h3-10,15H,2,17H2,1H3,(H,18,19). The molecule has 2 rings (SSSR count). The van der Waals surface area contributed by atoms with Gasteiger partial charge in [-0.3, -0.25) is 0 Å². The summed E-state index contributed by atoms with van der Waals surface area (Å²) in [5.74, 6) is -0.700. The number of hydrogen-bond donors (Lipinski definition) is 2. The molecule has 0 spiro atoms. The molecule has 0 radical (unpaired) electrons. The second kappa shape index (κ2) is 5.57. The molecule has 98 valence electrons. The highest BCUT2D eigenvalue weighted by Gasteiger charge is 2.13. The van der Waals surface area contributed by atoms with E-state index in [0.717, 1.165) is 23.2 Å². The van der Waals surface area contributed by atoms with Crippen LogP contribution >= 0.6 is 0 Å². The molecule has 2 aromatic carbocycles. The van der Waals surface area contributed by atoms with Gasteiger partial charge in [-0.1, -0.05) is 31.2 Å². The fourth-order valence-corrected chi connectivity index (χ4v) is 2.28. The normalized spacial score (nSPS) is 12.1. The summed E-state index contributed by atoms with van der Waals surface area (Å²) in [6, 6.07) is 14.9. The zero-order chi connectivity index (χ0) is 13.8. The van der Waals surface area contributed by atoms with E-state index in [4.69, 9.17) is 10.8 Å². The minimum atomic E-state index is -0.894. The monoisotopic (exact) mass is 255 g/mol. The first-order valence-corrected chi connectivity index (χ1v) is 6.30. The van der Waals surface area contributed by atoms with Crippen LogP contribution in [0, 0.1) is 0 Å². The number of anilines is 1. The predicted molar refractivity (Wildman–Crippen MR) is 76.4 cm³/mol. The molecule has 2 aromatic rings. The van der Waals surface area contributed by atoms with E-state index in [1.54, 1.807) is 18.2 Å². The number of hydrogen-bond acceptors (Lipinski definition) is 2. The third kappa shape index (κ3) is 2.94. The molecule has 0 fully saturated rings. The van der Waals surface area contributed by atoms with Crippen molar-refractivity contribution in [2.24, 2.45) is 0 Å². The van der Waals surface area contributed by atoms with Gasteiger partial charge in [-0.25, -0.2) is 4.79 Å². The van der Waals surface area contributed by atoms with Crippen molar-refractivity contribution in [3.63, 3.8) is 0 Å². The van der Waals surface area contributed by atoms with Crippen molar-refractivity contribution < 1.29 is 9.90 Å². The summed E-state index contributed by atoms with van der Waals surface area (Å²) in [5.41, 5.74) is 8.93. The lowest BCUT2D eigenvalue weighted by Crippen LogP contribution is -2.03. The van der Waals surface area contributed by atoms with Crippen LogP contribution in [-0.4, -0.2) is 11.1 Å². The summed E-state index contributed by atoms with van der Waals surface area (Å²) in [7, 11) is 0. The summed E-state index contributed by atoms with van der Waals surface area (Å²) in [6.45, 7) is 2.09. The van der Waals surface area contributed by atoms with E-state index < -0.39 is 5.97 Å². The highest BCUT2D eigenvalue weighted by Crippen LogP contribution is 2.28. The molecule has 0 saturated carbocycles. The van der Waals surface area contributed by atoms with Crippen LogP contribution in [0.3, 0.4) is 0 Å². The average molecular weight is 255 g/mol. The highest BCUT2D eigenvalue weighted by atomic mass is 16.4. The summed E-state index contributed by atoms with van der Waals surface area (Å²) >= 11 is 0. The number of rotatable bonds is 4. The van der Waals surface area contributed by atoms with Crippen LogP contribution in [0.5, 0.6) is 0 Å². The lowest BCUT2D eigenvalue weighted by Gasteiger charge is -2.16. The van der Waals surface area contributed by atoms with E-state index in [9.17, 15) is 4.79 Å². The minimum absolute atomic E-state index is 0.194. The van der Waals surface area contributed by atoms with E-state index in [-0.39, 0.29) is 5.92 Å². The van der Waals surface area contributed by atoms with Gasteiger partial charge in [0.25, 0.3) is 0 Å². The van der Waals surface area contributed by atoms with Gasteiger partial charge in [0.15, 0.2) is 0 Å². The Bertz CT molecular complexity index is 576. The number of benzene rings is 2. The van der Waals surface area contributed by atoms with Crippen LogP contribution < -0.4 is 5.73 Å². The molecular weight excluding hydrogens is 238 g/mol. The van der Waals surface area contributed by atoms with Gasteiger partial charge in [-0.05, 0) is 41.8 Å². The van der Waals surface area contributed by atoms with E-state index in [2.05, 4.69) is 6.92 Å². The van der Waals surface area contributed by atoms with Gasteiger partial charge < -0.3 is 10.8 Å². The van der Waals surface area contributed by atoms with Gasteiger partial charge in [-0.15, -0.1) is 0 Å². The molecule has 3 heteroatoms. The molecular formula is C16H17NO2. The van der Waals surface area contributed by atoms with Gasteiger partial charge in [0.05, 0.1) is 5.56 Å². The Labute approximate surface area is 112 Å². The van der Waals surface area contributed by atoms with Crippen molar-refractivity contribution in [2.45, 2.75) is 19.3 Å². The molecule has 0 heterocycles. The molecule has 1 atom stereocenters. The Hall–Kier alpha value is -2.29. The largest absolute Gasteiger partial charge is 0.478 e. The minimum Gasteiger partial charge on any atom is -0.478 e. The summed E-state index contributed by atoms with van der Waals surface area (Å²) in [6.07, 6.45) is 0.910. The van der Waals surface area contributed by atoms with Crippen LogP contribution in [0.1, 0.15) is 40.7 Å². The maximum absolute atomic E-state index is 11.0. The van der Waals surface area contributed by atoms with Crippen molar-refractivity contribution >= 4 is 11.7 Å². The van der Waals surface area contributed by atoms with Crippen molar-refractivity contribution in [1.82, 2.24) is 0 Å². The number of nitrogen functional groups attached to an aromatic ring is 1. The number of carboxylic acid groups (broad SMARTS) is 1. The van der Waals surface area contributed by atoms with Gasteiger partial charge in [0, 0.05) is 11.6 Å². The van der Waals surface area contributed by atoms with E-state index in [0.29, 0.717) is 5.56 Å². The molecule has 0 aromatic heterocycles. The lowest BCUT2D eigenvalue weighted by molar-refractivity contribution is 0.0696. The molecule has 3 nitrogen and oxygen atoms in total. The Morgan fingerprint density at radius 1 is 1.16 bits per heavy atom. The smallest absolute Gasteiger partial charge is 0.335 e. The summed E-state index contributed by atoms with van der Waals surface area (Å²) < 4.78 is 0. The molecule has 19 heavy (non-hydrogen) atoms. The Balaban J connectivity index is 2.39. The van der Waals surface area contributed by atoms with E-state index in [1.807, 2.05) is 30.3 Å². The number of aromatic carboxylic acids is 1. The van der Waals surface area contributed by atoms with Crippen LogP contribution in [0.15, 0.2) is 48.5 Å². The Morgan fingerprint density at radius 2 is 1.84 bits per heavy atom. The fourth-order valence-electron chi connectivity index (χ4n) is 2.28. The quantitative estimate of drug-likeness (QED) is 0.822. The van der Waals surface area contributed by atoms with Gasteiger partial charge >= 0.3 is 5.97 Å². The van der Waals surface area contributed by atoms with Crippen LogP contribution in [-0.2, 0) is 0 Å². The summed E-state index contributed by atoms with van der Waals surface area (Å²) in [4.78, 5) is 11.0. The third-order valence-corrected chi connectivity index (χ3v) is 3.28. The van der Waals surface area contributed by atoms with Crippen molar-refractivity contribution in [2.75, 3.05) is 5.73 Å². The molecule has 0 bridgehead atoms. The van der Waals surface area contributed by atoms with Crippen LogP contribution in [0.4, 0.5) is 5.69 Å². The van der Waals surface area contributed by atoms with Crippen molar-refractivity contribution in [1.29, 1.82) is 0 Å². The molecule has 0 amide bonds. The topological polar surface area (TPSA) is 63.3 Å². The second-order valence-electron chi connectivity index (χ2n) is 4.56. The Morgan fingerprint density at radius 3 is 2.42 bits per heavy atom. The van der Waals surface area contributed by atoms with E-state index >= 15 is 0 Å². The second-order valence-corrected chi connectivity index (χ2v) is 4.56. The van der Waals surface area contributed by atoms with Gasteiger partial charge in [-0.2, -0.15) is 0 Å². The lowest BCUT2D eigenvalue weighted by atomic mass is 9.88. The third-order valence-electron chi connectivity index (χ3n) is 3.28. The SMILES string of the molecule is CCC(c1ccc(N)cc1)c1cccc(C(=O)O)c1. The predicted octanol–water partition coefficient (Wildman–Crippen LogP) is 3.51. The Kier molecular flexibility index (Phi) is 3.85. The number of carboxylic acids is 1. The molecule has 0 aliphatic carbocycles. The number of nitrogens with two attached hydrogens (primary N) is 1. The molecule has 1 unspecified atom stereocenters. The van der Waals surface area contributed by atoms with Crippen molar-refractivity contribution in [3.8, 4) is 0 Å². The first kappa shape index (κ1) is 13.1. The highest BCUT2D eigenvalue weighted by molar-refractivity contribution is 5.87. The molecule has 0 saturated heterocycles. The van der Waals surface area contributed by atoms with Crippen molar-refractivity contribution in [3.05, 3.63) is 65.2 Å². The maximum Gasteiger partial charge on any atom is 0.335 e. The maximum atomic E-state index is 11.0. The molecule has 3 N–H and O–H groups in total. The average Bonchev–Trinajstić information content (AvgIpc) is 2.42. The molecule has 0 aliphatic heterocycles. The van der Waals surface area contributed by atoms with Gasteiger partial charge in [0.1, 0.15) is 0 Å². The van der Waals surface area contributed by atoms with Crippen LogP contribution in [0.2, 0.25) is 0 Å². The summed E-state index contributed by atoms with van der Waals surface area (Å²) in [5, 5.41) is 9.05. The first-order chi connectivity index (χ1) is 9.11. The van der Waals surface area contributed by atoms with Gasteiger partial charge in [0.2, 0.25) is 0 Å².